The number of fused-ring (bicyclic) bond motifs is 1. The number of nitrogens with zero attached hydrogens (tertiary/aromatic N) is 2. The molecule has 1 aliphatic heterocycles. The van der Waals surface area contributed by atoms with Crippen LogP contribution >= 0.6 is 11.8 Å². The van der Waals surface area contributed by atoms with Gasteiger partial charge in [0.05, 0.1) is 5.52 Å². The van der Waals surface area contributed by atoms with E-state index >= 15 is 0 Å². The molecule has 1 saturated heterocycles. The van der Waals surface area contributed by atoms with E-state index in [4.69, 9.17) is 4.98 Å². The third-order valence-electron chi connectivity index (χ3n) is 5.75. The van der Waals surface area contributed by atoms with Crippen molar-refractivity contribution in [1.29, 1.82) is 0 Å². The quantitative estimate of drug-likeness (QED) is 0.542. The van der Waals surface area contributed by atoms with Crippen molar-refractivity contribution in [1.82, 2.24) is 10.3 Å². The van der Waals surface area contributed by atoms with Crippen LogP contribution in [-0.2, 0) is 13.1 Å². The fourth-order valence-corrected chi connectivity index (χ4v) is 4.53. The lowest BCUT2D eigenvalue weighted by Gasteiger charge is -2.34. The topological polar surface area (TPSA) is 48.4 Å². The SMILES string of the molecule is CSc1ccc2cc(CNCc3ccccc3F)c(N3CCCC(CO)C3)nc2c1. The van der Waals surface area contributed by atoms with Crippen molar-refractivity contribution in [3.05, 3.63) is 65.5 Å². The molecule has 4 nitrogen and oxygen atoms in total. The molecule has 0 amide bonds. The zero-order chi connectivity index (χ0) is 20.9. The lowest BCUT2D eigenvalue weighted by atomic mass is 9.98. The molecule has 1 atom stereocenters. The molecular weight excluding hydrogens is 397 g/mol. The van der Waals surface area contributed by atoms with Gasteiger partial charge in [-0.1, -0.05) is 24.3 Å². The van der Waals surface area contributed by atoms with Gasteiger partial charge in [-0.05, 0) is 49.3 Å². The summed E-state index contributed by atoms with van der Waals surface area (Å²) in [6, 6.07) is 15.4. The van der Waals surface area contributed by atoms with E-state index < -0.39 is 0 Å². The molecule has 4 rings (SSSR count). The first-order chi connectivity index (χ1) is 14.7. The molecule has 0 spiro atoms. The number of benzene rings is 2. The van der Waals surface area contributed by atoms with Crippen LogP contribution in [-0.4, -0.2) is 36.0 Å². The Hall–Kier alpha value is -2.15. The van der Waals surface area contributed by atoms with Crippen LogP contribution in [0.5, 0.6) is 0 Å². The smallest absolute Gasteiger partial charge is 0.133 e. The van der Waals surface area contributed by atoms with E-state index in [0.717, 1.165) is 48.2 Å². The molecule has 0 bridgehead atoms. The largest absolute Gasteiger partial charge is 0.396 e. The molecule has 3 aromatic rings. The predicted molar refractivity (Wildman–Crippen MR) is 122 cm³/mol. The van der Waals surface area contributed by atoms with Gasteiger partial charge in [0.1, 0.15) is 11.6 Å². The molecule has 0 saturated carbocycles. The average Bonchev–Trinajstić information content (AvgIpc) is 2.79. The Balaban J connectivity index is 1.62. The van der Waals surface area contributed by atoms with E-state index in [2.05, 4.69) is 40.7 Å². The zero-order valence-electron chi connectivity index (χ0n) is 17.3. The zero-order valence-corrected chi connectivity index (χ0v) is 18.1. The highest BCUT2D eigenvalue weighted by Gasteiger charge is 2.23. The van der Waals surface area contributed by atoms with Crippen molar-refractivity contribution < 1.29 is 9.50 Å². The average molecular weight is 426 g/mol. The number of rotatable bonds is 7. The van der Waals surface area contributed by atoms with E-state index in [1.165, 1.54) is 11.0 Å². The van der Waals surface area contributed by atoms with Crippen molar-refractivity contribution >= 4 is 28.5 Å². The first-order valence-electron chi connectivity index (χ1n) is 10.5. The molecule has 2 N–H and O–H groups in total. The van der Waals surface area contributed by atoms with Crippen molar-refractivity contribution in [3.8, 4) is 0 Å². The Morgan fingerprint density at radius 2 is 2.00 bits per heavy atom. The first-order valence-corrected chi connectivity index (χ1v) is 11.7. The van der Waals surface area contributed by atoms with Gasteiger partial charge in [0.15, 0.2) is 0 Å². The van der Waals surface area contributed by atoms with E-state index in [1.807, 2.05) is 12.1 Å². The monoisotopic (exact) mass is 425 g/mol. The maximum atomic E-state index is 14.0. The van der Waals surface area contributed by atoms with Crippen LogP contribution in [0.15, 0.2) is 53.4 Å². The van der Waals surface area contributed by atoms with Gasteiger partial charge in [0, 0.05) is 54.2 Å². The number of aliphatic hydroxyl groups is 1. The second kappa shape index (κ2) is 9.77. The summed E-state index contributed by atoms with van der Waals surface area (Å²) >= 11 is 1.71. The minimum Gasteiger partial charge on any atom is -0.396 e. The van der Waals surface area contributed by atoms with Gasteiger partial charge in [0.25, 0.3) is 0 Å². The molecule has 6 heteroatoms. The van der Waals surface area contributed by atoms with Crippen LogP contribution in [0.4, 0.5) is 10.2 Å². The van der Waals surface area contributed by atoms with Crippen LogP contribution < -0.4 is 10.2 Å². The highest BCUT2D eigenvalue weighted by molar-refractivity contribution is 7.98. The summed E-state index contributed by atoms with van der Waals surface area (Å²) in [5.74, 6) is 1.07. The number of aromatic nitrogens is 1. The number of hydrogen-bond donors (Lipinski definition) is 2. The number of hydrogen-bond acceptors (Lipinski definition) is 5. The molecule has 0 aliphatic carbocycles. The fraction of sp³-hybridized carbons (Fsp3) is 0.375. The fourth-order valence-electron chi connectivity index (χ4n) is 4.09. The Kier molecular flexibility index (Phi) is 6.87. The van der Waals surface area contributed by atoms with Crippen LogP contribution in [0.3, 0.4) is 0 Å². The number of anilines is 1. The van der Waals surface area contributed by atoms with Crippen LogP contribution in [0.25, 0.3) is 10.9 Å². The second-order valence-corrected chi connectivity index (χ2v) is 8.74. The van der Waals surface area contributed by atoms with E-state index in [-0.39, 0.29) is 18.3 Å². The molecule has 1 aliphatic rings. The molecule has 30 heavy (non-hydrogen) atoms. The lowest BCUT2D eigenvalue weighted by Crippen LogP contribution is -2.38. The standard InChI is InChI=1S/C24H28FN3OS/c1-30-21-9-8-18-11-20(14-26-13-19-6-2-3-7-22(19)25)24(27-23(18)12-21)28-10-4-5-17(15-28)16-29/h2-3,6-9,11-12,17,26,29H,4-5,10,13-16H2,1H3. The van der Waals surface area contributed by atoms with E-state index in [1.54, 1.807) is 17.8 Å². The lowest BCUT2D eigenvalue weighted by molar-refractivity contribution is 0.208. The van der Waals surface area contributed by atoms with E-state index in [9.17, 15) is 9.50 Å². The summed E-state index contributed by atoms with van der Waals surface area (Å²) in [7, 11) is 0. The predicted octanol–water partition coefficient (Wildman–Crippen LogP) is 4.59. The van der Waals surface area contributed by atoms with Gasteiger partial charge in [0.2, 0.25) is 0 Å². The Morgan fingerprint density at radius 3 is 2.80 bits per heavy atom. The maximum Gasteiger partial charge on any atom is 0.133 e. The van der Waals surface area contributed by atoms with Gasteiger partial charge in [-0.3, -0.25) is 0 Å². The van der Waals surface area contributed by atoms with Gasteiger partial charge in [-0.15, -0.1) is 11.8 Å². The molecule has 1 fully saturated rings. The number of pyridine rings is 1. The molecular formula is C24H28FN3OS. The van der Waals surface area contributed by atoms with Crippen LogP contribution in [0.2, 0.25) is 0 Å². The van der Waals surface area contributed by atoms with Crippen molar-refractivity contribution in [2.75, 3.05) is 30.9 Å². The Morgan fingerprint density at radius 1 is 1.17 bits per heavy atom. The van der Waals surface area contributed by atoms with Gasteiger partial charge < -0.3 is 15.3 Å². The highest BCUT2D eigenvalue weighted by atomic mass is 32.2. The van der Waals surface area contributed by atoms with Crippen molar-refractivity contribution in [3.63, 3.8) is 0 Å². The third kappa shape index (κ3) is 4.77. The summed E-state index contributed by atoms with van der Waals surface area (Å²) in [6.07, 6.45) is 4.18. The summed E-state index contributed by atoms with van der Waals surface area (Å²) in [6.45, 7) is 3.04. The van der Waals surface area contributed by atoms with Gasteiger partial charge >= 0.3 is 0 Å². The third-order valence-corrected chi connectivity index (χ3v) is 6.47. The minimum absolute atomic E-state index is 0.187. The highest BCUT2D eigenvalue weighted by Crippen LogP contribution is 2.29. The minimum atomic E-state index is -0.187. The number of thioether (sulfide) groups is 1. The van der Waals surface area contributed by atoms with Crippen LogP contribution in [0.1, 0.15) is 24.0 Å². The van der Waals surface area contributed by atoms with Gasteiger partial charge in [-0.2, -0.15) is 0 Å². The molecule has 1 unspecified atom stereocenters. The number of piperidine rings is 1. The maximum absolute atomic E-state index is 14.0. The molecule has 2 heterocycles. The summed E-state index contributed by atoms with van der Waals surface area (Å²) in [5.41, 5.74) is 2.76. The van der Waals surface area contributed by atoms with Crippen molar-refractivity contribution in [2.24, 2.45) is 5.92 Å². The Labute approximate surface area is 181 Å². The Bertz CT molecular complexity index is 1010. The number of halogens is 1. The first kappa shape index (κ1) is 21.1. The normalized spacial score (nSPS) is 16.9. The summed E-state index contributed by atoms with van der Waals surface area (Å²) in [4.78, 5) is 8.53. The number of nitrogens with one attached hydrogen (secondary N) is 1. The van der Waals surface area contributed by atoms with Crippen LogP contribution in [0, 0.1) is 11.7 Å². The second-order valence-electron chi connectivity index (χ2n) is 7.86. The number of aliphatic hydroxyl groups excluding tert-OH is 1. The summed E-state index contributed by atoms with van der Waals surface area (Å²) in [5, 5.41) is 14.2. The molecule has 0 radical (unpaired) electrons. The van der Waals surface area contributed by atoms with Gasteiger partial charge in [-0.25, -0.2) is 9.37 Å². The molecule has 1 aromatic heterocycles. The molecule has 2 aromatic carbocycles. The summed E-state index contributed by atoms with van der Waals surface area (Å²) < 4.78 is 14.0. The molecule has 158 valence electrons. The van der Waals surface area contributed by atoms with E-state index in [0.29, 0.717) is 18.7 Å². The van der Waals surface area contributed by atoms with Crippen molar-refractivity contribution in [2.45, 2.75) is 30.8 Å².